The minimum atomic E-state index is -1.25. The van der Waals surface area contributed by atoms with Crippen LogP contribution in [-0.2, 0) is 18.4 Å². The van der Waals surface area contributed by atoms with Gasteiger partial charge in [-0.25, -0.2) is 0 Å². The van der Waals surface area contributed by atoms with Gasteiger partial charge in [-0.15, -0.1) is 0 Å². The molecule has 3 aromatic rings. The van der Waals surface area contributed by atoms with Crippen LogP contribution in [0.3, 0.4) is 0 Å². The molecule has 154 valence electrons. The molecule has 3 aromatic carbocycles. The second-order valence-corrected chi connectivity index (χ2v) is 9.00. The van der Waals surface area contributed by atoms with Crippen molar-refractivity contribution in [2.24, 2.45) is 11.8 Å². The quantitative estimate of drug-likeness (QED) is 0.604. The summed E-state index contributed by atoms with van der Waals surface area (Å²) in [6, 6.07) is 25.6. The van der Waals surface area contributed by atoms with E-state index in [9.17, 15) is 15.3 Å². The second-order valence-electron chi connectivity index (χ2n) is 9.00. The first-order valence-corrected chi connectivity index (χ1v) is 10.9. The summed E-state index contributed by atoms with van der Waals surface area (Å²) in [6.45, 7) is 0. The molecule has 0 spiro atoms. The van der Waals surface area contributed by atoms with Crippen molar-refractivity contribution in [3.8, 4) is 5.75 Å². The van der Waals surface area contributed by atoms with E-state index in [1.807, 2.05) is 60.7 Å². The predicted octanol–water partition coefficient (Wildman–Crippen LogP) is 4.55. The van der Waals surface area contributed by atoms with Gasteiger partial charge < -0.3 is 15.3 Å². The van der Waals surface area contributed by atoms with Crippen LogP contribution in [0.25, 0.3) is 0 Å². The minimum absolute atomic E-state index is 0.111. The number of phenols is 1. The molecule has 30 heavy (non-hydrogen) atoms. The van der Waals surface area contributed by atoms with Gasteiger partial charge in [0.05, 0.1) is 6.10 Å². The fourth-order valence-corrected chi connectivity index (χ4v) is 5.93. The molecule has 1 saturated carbocycles. The molecule has 0 aliphatic heterocycles. The number of phenolic OH excluding ortho intramolecular Hbond substituents is 1. The highest BCUT2D eigenvalue weighted by molar-refractivity contribution is 5.42. The molecule has 5 rings (SSSR count). The van der Waals surface area contributed by atoms with E-state index < -0.39 is 11.7 Å². The second kappa shape index (κ2) is 7.57. The first kappa shape index (κ1) is 19.3. The summed E-state index contributed by atoms with van der Waals surface area (Å²) in [7, 11) is 0. The van der Waals surface area contributed by atoms with Gasteiger partial charge in [0.1, 0.15) is 11.4 Å². The summed E-state index contributed by atoms with van der Waals surface area (Å²) < 4.78 is 0. The summed E-state index contributed by atoms with van der Waals surface area (Å²) in [5.41, 5.74) is 3.11. The SMILES string of the molecule is Oc1ccc2c(c1)CC[C@@H]1C[C@@](O)(c3ccccc3)[C@@H](O)C(Cc3ccccc3)C21. The lowest BCUT2D eigenvalue weighted by Crippen LogP contribution is -2.54. The summed E-state index contributed by atoms with van der Waals surface area (Å²) in [4.78, 5) is 0. The van der Waals surface area contributed by atoms with Crippen molar-refractivity contribution in [2.75, 3.05) is 0 Å². The van der Waals surface area contributed by atoms with Crippen LogP contribution in [0.2, 0.25) is 0 Å². The Morgan fingerprint density at radius 3 is 2.33 bits per heavy atom. The molecule has 5 atom stereocenters. The average Bonchev–Trinajstić information content (AvgIpc) is 2.78. The Balaban J connectivity index is 1.60. The van der Waals surface area contributed by atoms with Crippen molar-refractivity contribution >= 4 is 0 Å². The summed E-state index contributed by atoms with van der Waals surface area (Å²) in [5, 5.41) is 33.4. The number of fused-ring (bicyclic) bond motifs is 3. The highest BCUT2D eigenvalue weighted by Crippen LogP contribution is 2.55. The lowest BCUT2D eigenvalue weighted by atomic mass is 9.56. The number of aryl methyl sites for hydroxylation is 1. The van der Waals surface area contributed by atoms with Gasteiger partial charge in [-0.3, -0.25) is 0 Å². The Hall–Kier alpha value is -2.62. The lowest BCUT2D eigenvalue weighted by molar-refractivity contribution is -0.156. The van der Waals surface area contributed by atoms with Crippen molar-refractivity contribution < 1.29 is 15.3 Å². The van der Waals surface area contributed by atoms with Gasteiger partial charge in [-0.2, -0.15) is 0 Å². The highest BCUT2D eigenvalue weighted by Gasteiger charge is 2.54. The van der Waals surface area contributed by atoms with Crippen LogP contribution in [0.1, 0.15) is 41.0 Å². The molecule has 2 aliphatic rings. The Morgan fingerprint density at radius 2 is 1.60 bits per heavy atom. The summed E-state index contributed by atoms with van der Waals surface area (Å²) in [5.74, 6) is 0.627. The van der Waals surface area contributed by atoms with Crippen molar-refractivity contribution in [3.63, 3.8) is 0 Å². The number of hydrogen-bond acceptors (Lipinski definition) is 3. The topological polar surface area (TPSA) is 60.7 Å². The maximum absolute atomic E-state index is 11.8. The van der Waals surface area contributed by atoms with Crippen LogP contribution in [0.5, 0.6) is 5.75 Å². The van der Waals surface area contributed by atoms with Gasteiger partial charge >= 0.3 is 0 Å². The Morgan fingerprint density at radius 1 is 0.900 bits per heavy atom. The minimum Gasteiger partial charge on any atom is -0.508 e. The molecule has 0 aromatic heterocycles. The van der Waals surface area contributed by atoms with E-state index in [0.29, 0.717) is 18.6 Å². The highest BCUT2D eigenvalue weighted by atomic mass is 16.3. The Kier molecular flexibility index (Phi) is 4.88. The van der Waals surface area contributed by atoms with Crippen LogP contribution in [-0.4, -0.2) is 21.4 Å². The zero-order valence-electron chi connectivity index (χ0n) is 17.0. The smallest absolute Gasteiger partial charge is 0.116 e. The maximum Gasteiger partial charge on any atom is 0.116 e. The van der Waals surface area contributed by atoms with E-state index in [-0.39, 0.29) is 17.8 Å². The zero-order valence-corrected chi connectivity index (χ0v) is 17.0. The van der Waals surface area contributed by atoms with Crippen molar-refractivity contribution in [3.05, 3.63) is 101 Å². The molecular weight excluding hydrogens is 372 g/mol. The number of rotatable bonds is 3. The largest absolute Gasteiger partial charge is 0.508 e. The number of aromatic hydroxyl groups is 1. The number of hydrogen-bond donors (Lipinski definition) is 3. The predicted molar refractivity (Wildman–Crippen MR) is 117 cm³/mol. The third-order valence-electron chi connectivity index (χ3n) is 7.30. The van der Waals surface area contributed by atoms with Crippen LogP contribution < -0.4 is 0 Å². The zero-order chi connectivity index (χ0) is 20.7. The van der Waals surface area contributed by atoms with E-state index in [1.165, 1.54) is 16.7 Å². The molecule has 3 heteroatoms. The Labute approximate surface area is 177 Å². The molecule has 0 saturated heterocycles. The van der Waals surface area contributed by atoms with E-state index in [2.05, 4.69) is 12.1 Å². The summed E-state index contributed by atoms with van der Waals surface area (Å²) in [6.07, 6.45) is 2.23. The average molecular weight is 401 g/mol. The maximum atomic E-state index is 11.8. The summed E-state index contributed by atoms with van der Waals surface area (Å²) >= 11 is 0. The fourth-order valence-electron chi connectivity index (χ4n) is 5.93. The van der Waals surface area contributed by atoms with Crippen molar-refractivity contribution in [1.82, 2.24) is 0 Å². The number of aliphatic hydroxyl groups excluding tert-OH is 1. The van der Waals surface area contributed by atoms with Gasteiger partial charge in [0.25, 0.3) is 0 Å². The van der Waals surface area contributed by atoms with Gasteiger partial charge in [0.15, 0.2) is 0 Å². The normalized spacial score (nSPS) is 30.3. The van der Waals surface area contributed by atoms with Crippen LogP contribution in [0.4, 0.5) is 0 Å². The van der Waals surface area contributed by atoms with Gasteiger partial charge in [-0.1, -0.05) is 66.7 Å². The molecule has 1 fully saturated rings. The first-order valence-electron chi connectivity index (χ1n) is 10.9. The van der Waals surface area contributed by atoms with Crippen LogP contribution in [0.15, 0.2) is 78.9 Å². The monoisotopic (exact) mass is 400 g/mol. The molecule has 2 aliphatic carbocycles. The van der Waals surface area contributed by atoms with E-state index >= 15 is 0 Å². The van der Waals surface area contributed by atoms with E-state index in [1.54, 1.807) is 6.07 Å². The Bertz CT molecular complexity index is 1020. The van der Waals surface area contributed by atoms with Crippen molar-refractivity contribution in [1.29, 1.82) is 0 Å². The first-order chi connectivity index (χ1) is 14.6. The van der Waals surface area contributed by atoms with E-state index in [0.717, 1.165) is 18.4 Å². The van der Waals surface area contributed by atoms with Gasteiger partial charge in [-0.05, 0) is 77.8 Å². The lowest BCUT2D eigenvalue weighted by Gasteiger charge is -2.52. The fraction of sp³-hybridized carbons (Fsp3) is 0.333. The number of aliphatic hydroxyl groups is 2. The van der Waals surface area contributed by atoms with Crippen molar-refractivity contribution in [2.45, 2.75) is 43.3 Å². The molecule has 0 radical (unpaired) electrons. The van der Waals surface area contributed by atoms with Gasteiger partial charge in [0, 0.05) is 0 Å². The van der Waals surface area contributed by atoms with E-state index in [4.69, 9.17) is 0 Å². The molecule has 0 amide bonds. The third-order valence-corrected chi connectivity index (χ3v) is 7.30. The molecule has 3 nitrogen and oxygen atoms in total. The molecular formula is C27H28O3. The molecule has 0 heterocycles. The number of benzene rings is 3. The van der Waals surface area contributed by atoms with Gasteiger partial charge in [0.2, 0.25) is 0 Å². The third kappa shape index (κ3) is 3.23. The molecule has 2 unspecified atom stereocenters. The molecule has 3 N–H and O–H groups in total. The van der Waals surface area contributed by atoms with Crippen LogP contribution in [0, 0.1) is 11.8 Å². The molecule has 0 bridgehead atoms. The standard InChI is InChI=1S/C27H28O3/c28-22-13-14-23-19(16-22)11-12-20-17-27(30,21-9-5-2-6-10-21)26(29)24(25(20)23)15-18-7-3-1-4-8-18/h1-10,13-14,16,20,24-26,28-30H,11-12,15,17H2/t20-,24?,25?,26+,27-/m1/s1. The van der Waals surface area contributed by atoms with Crippen LogP contribution >= 0.6 is 0 Å².